The van der Waals surface area contributed by atoms with E-state index in [1.807, 2.05) is 78.9 Å². The number of carbonyl (C=O) groups is 4. The van der Waals surface area contributed by atoms with Crippen molar-refractivity contribution < 1.29 is 33.4 Å². The number of hydrogen-bond donors (Lipinski definition) is 1. The molecule has 1 N–H and O–H groups in total. The molecule has 0 bridgehead atoms. The fourth-order valence-corrected chi connectivity index (χ4v) is 4.98. The fraction of sp³-hybridized carbons (Fsp3) is 0.267. The average Bonchev–Trinajstić information content (AvgIpc) is 3.43. The predicted octanol–water partition coefficient (Wildman–Crippen LogP) is 5.38. The van der Waals surface area contributed by atoms with Crippen LogP contribution >= 0.6 is 0 Å². The van der Waals surface area contributed by atoms with Gasteiger partial charge in [0.1, 0.15) is 19.3 Å². The van der Waals surface area contributed by atoms with Crippen LogP contribution in [0.4, 0.5) is 14.4 Å². The number of esters is 1. The zero-order valence-corrected chi connectivity index (χ0v) is 21.2. The predicted molar refractivity (Wildman–Crippen MR) is 141 cm³/mol. The van der Waals surface area contributed by atoms with Crippen molar-refractivity contribution in [3.8, 4) is 11.1 Å². The molecule has 3 aromatic rings. The van der Waals surface area contributed by atoms with Crippen LogP contribution in [0.2, 0.25) is 0 Å². The number of amides is 3. The lowest BCUT2D eigenvalue weighted by molar-refractivity contribution is -0.136. The summed E-state index contributed by atoms with van der Waals surface area (Å²) in [6, 6.07) is 24.1. The summed E-state index contributed by atoms with van der Waals surface area (Å²) in [4.78, 5) is 50.2. The van der Waals surface area contributed by atoms with E-state index in [-0.39, 0.29) is 25.6 Å². The van der Waals surface area contributed by atoms with E-state index in [1.54, 1.807) is 0 Å². The Balaban J connectivity index is 1.10. The van der Waals surface area contributed by atoms with Crippen molar-refractivity contribution in [1.82, 2.24) is 10.2 Å². The van der Waals surface area contributed by atoms with Gasteiger partial charge in [0.2, 0.25) is 0 Å². The molecule has 1 saturated heterocycles. The van der Waals surface area contributed by atoms with Gasteiger partial charge < -0.3 is 19.5 Å². The number of alkyl carbamates (subject to hydrolysis) is 1. The Morgan fingerprint density at radius 2 is 1.46 bits per heavy atom. The van der Waals surface area contributed by atoms with Crippen molar-refractivity contribution in [2.24, 2.45) is 0 Å². The van der Waals surface area contributed by atoms with E-state index in [1.165, 1.54) is 0 Å². The lowest BCUT2D eigenvalue weighted by Crippen LogP contribution is -2.41. The van der Waals surface area contributed by atoms with Gasteiger partial charge in [-0.1, -0.05) is 78.9 Å². The van der Waals surface area contributed by atoms with E-state index in [0.29, 0.717) is 19.4 Å². The second-order valence-corrected chi connectivity index (χ2v) is 9.36. The van der Waals surface area contributed by atoms with Gasteiger partial charge in [0.05, 0.1) is 0 Å². The largest absolute Gasteiger partial charge is 0.448 e. The Bertz CT molecular complexity index is 1330. The Kier molecular flexibility index (Phi) is 7.86. The quantitative estimate of drug-likeness (QED) is 0.172. The first-order valence-electron chi connectivity index (χ1n) is 12.9. The zero-order valence-electron chi connectivity index (χ0n) is 21.2. The maximum Gasteiger partial charge on any atom is 0.427 e. The molecule has 9 heteroatoms. The molecule has 5 rings (SSSR count). The van der Waals surface area contributed by atoms with Crippen LogP contribution in [-0.4, -0.2) is 48.3 Å². The Morgan fingerprint density at radius 3 is 2.15 bits per heavy atom. The number of rotatable bonds is 9. The summed E-state index contributed by atoms with van der Waals surface area (Å²) in [5.41, 5.74) is 5.13. The molecule has 0 saturated carbocycles. The summed E-state index contributed by atoms with van der Waals surface area (Å²) in [5.74, 6) is -0.967. The van der Waals surface area contributed by atoms with Gasteiger partial charge in [0, 0.05) is 12.5 Å². The molecule has 39 heavy (non-hydrogen) atoms. The maximum atomic E-state index is 12.9. The summed E-state index contributed by atoms with van der Waals surface area (Å²) in [6.45, 7) is 0.499. The monoisotopic (exact) mass is 528 g/mol. The minimum Gasteiger partial charge on any atom is -0.448 e. The van der Waals surface area contributed by atoms with Crippen LogP contribution in [0.25, 0.3) is 11.1 Å². The van der Waals surface area contributed by atoms with Gasteiger partial charge in [0.25, 0.3) is 0 Å². The highest BCUT2D eigenvalue weighted by atomic mass is 16.6. The molecule has 2 aliphatic rings. The molecule has 0 spiro atoms. The van der Waals surface area contributed by atoms with Crippen LogP contribution in [0.1, 0.15) is 41.9 Å². The highest BCUT2D eigenvalue weighted by molar-refractivity contribution is 6.03. The number of nitrogens with zero attached hydrogens (tertiary/aromatic N) is 1. The SMILES string of the molecule is O=C(NCCCC[C@H]1C(=O)OC(=O)N1C(=O)OCC1c2ccccc2-c2ccccc21)OCc1ccccc1. The molecular weight excluding hydrogens is 500 g/mol. The number of cyclic esters (lactones) is 2. The molecule has 200 valence electrons. The van der Waals surface area contributed by atoms with Gasteiger partial charge in [-0.3, -0.25) is 0 Å². The second kappa shape index (κ2) is 11.8. The standard InChI is InChI=1S/C30H28N2O7/c33-27-26(16-8-9-17-31-28(34)37-18-20-10-2-1-3-11-20)32(30(36)39-27)29(35)38-19-25-23-14-6-4-12-21(23)22-13-5-7-15-24(22)25/h1-7,10-15,25-26H,8-9,16-19H2,(H,31,34)/t26-/m0/s1. The number of unbranched alkanes of at least 4 members (excludes halogenated alkanes) is 1. The van der Waals surface area contributed by atoms with E-state index in [0.717, 1.165) is 32.7 Å². The van der Waals surface area contributed by atoms with Crippen LogP contribution in [0, 0.1) is 0 Å². The molecule has 0 unspecified atom stereocenters. The Labute approximate surface area is 225 Å². The second-order valence-electron chi connectivity index (χ2n) is 9.36. The van der Waals surface area contributed by atoms with Gasteiger partial charge in [-0.15, -0.1) is 0 Å². The highest BCUT2D eigenvalue weighted by Gasteiger charge is 2.46. The normalized spacial score (nSPS) is 15.9. The fourth-order valence-electron chi connectivity index (χ4n) is 4.98. The van der Waals surface area contributed by atoms with Gasteiger partial charge in [-0.05, 0) is 47.1 Å². The van der Waals surface area contributed by atoms with E-state index in [4.69, 9.17) is 14.2 Å². The Morgan fingerprint density at radius 1 is 0.821 bits per heavy atom. The number of benzene rings is 3. The third kappa shape index (κ3) is 5.77. The minimum atomic E-state index is -1.07. The molecule has 1 fully saturated rings. The van der Waals surface area contributed by atoms with Crippen LogP contribution in [-0.2, 0) is 25.6 Å². The topological polar surface area (TPSA) is 111 Å². The summed E-state index contributed by atoms with van der Waals surface area (Å²) >= 11 is 0. The number of ether oxygens (including phenoxy) is 3. The summed E-state index contributed by atoms with van der Waals surface area (Å²) < 4.78 is 15.4. The van der Waals surface area contributed by atoms with Crippen molar-refractivity contribution in [3.63, 3.8) is 0 Å². The average molecular weight is 529 g/mol. The molecule has 9 nitrogen and oxygen atoms in total. The van der Waals surface area contributed by atoms with Gasteiger partial charge in [-0.2, -0.15) is 4.90 Å². The lowest BCUT2D eigenvalue weighted by Gasteiger charge is -2.20. The highest BCUT2D eigenvalue weighted by Crippen LogP contribution is 2.44. The van der Waals surface area contributed by atoms with Crippen molar-refractivity contribution in [2.75, 3.05) is 13.2 Å². The number of hydrogen-bond acceptors (Lipinski definition) is 7. The number of nitrogens with one attached hydrogen (secondary N) is 1. The molecule has 1 aliphatic carbocycles. The van der Waals surface area contributed by atoms with Crippen molar-refractivity contribution in [3.05, 3.63) is 95.6 Å². The number of imide groups is 1. The molecule has 3 amide bonds. The Hall–Kier alpha value is -4.66. The molecule has 1 heterocycles. The first-order chi connectivity index (χ1) is 19.0. The van der Waals surface area contributed by atoms with Crippen LogP contribution < -0.4 is 5.32 Å². The first-order valence-corrected chi connectivity index (χ1v) is 12.9. The van der Waals surface area contributed by atoms with Crippen molar-refractivity contribution >= 4 is 24.2 Å². The first kappa shape index (κ1) is 26.0. The summed E-state index contributed by atoms with van der Waals surface area (Å²) in [5, 5.41) is 2.65. The third-order valence-electron chi connectivity index (χ3n) is 6.89. The number of fused-ring (bicyclic) bond motifs is 3. The van der Waals surface area contributed by atoms with E-state index < -0.39 is 30.3 Å². The summed E-state index contributed by atoms with van der Waals surface area (Å²) in [7, 11) is 0. The maximum absolute atomic E-state index is 12.9. The molecule has 3 aromatic carbocycles. The van der Waals surface area contributed by atoms with Crippen LogP contribution in [0.15, 0.2) is 78.9 Å². The van der Waals surface area contributed by atoms with Gasteiger partial charge in [-0.25, -0.2) is 19.2 Å². The van der Waals surface area contributed by atoms with Crippen LogP contribution in [0.5, 0.6) is 0 Å². The van der Waals surface area contributed by atoms with E-state index in [9.17, 15) is 19.2 Å². The smallest absolute Gasteiger partial charge is 0.427 e. The lowest BCUT2D eigenvalue weighted by atomic mass is 9.98. The van der Waals surface area contributed by atoms with Gasteiger partial charge >= 0.3 is 24.2 Å². The molecule has 1 atom stereocenters. The van der Waals surface area contributed by atoms with E-state index >= 15 is 0 Å². The minimum absolute atomic E-state index is 0.0204. The van der Waals surface area contributed by atoms with Gasteiger partial charge in [0.15, 0.2) is 0 Å². The van der Waals surface area contributed by atoms with Crippen molar-refractivity contribution in [1.29, 1.82) is 0 Å². The third-order valence-corrected chi connectivity index (χ3v) is 6.89. The van der Waals surface area contributed by atoms with Crippen LogP contribution in [0.3, 0.4) is 0 Å². The molecular formula is C30H28N2O7. The molecule has 1 aliphatic heterocycles. The molecule has 0 radical (unpaired) electrons. The summed E-state index contributed by atoms with van der Waals surface area (Å²) in [6.07, 6.45) is -1.34. The number of carbonyl (C=O) groups excluding carboxylic acids is 4. The van der Waals surface area contributed by atoms with Crippen molar-refractivity contribution in [2.45, 2.75) is 37.8 Å². The molecule has 0 aromatic heterocycles. The zero-order chi connectivity index (χ0) is 27.2. The van der Waals surface area contributed by atoms with E-state index in [2.05, 4.69) is 5.32 Å².